The third kappa shape index (κ3) is 6.00. The molecule has 1 aromatic heterocycles. The zero-order chi connectivity index (χ0) is 34.3. The van der Waals surface area contributed by atoms with Gasteiger partial charge in [0, 0.05) is 48.5 Å². The summed E-state index contributed by atoms with van der Waals surface area (Å²) in [7, 11) is -3.40. The van der Waals surface area contributed by atoms with Gasteiger partial charge in [0.2, 0.25) is 14.3 Å². The van der Waals surface area contributed by atoms with Gasteiger partial charge in [-0.2, -0.15) is 0 Å². The number of benzene rings is 3. The van der Waals surface area contributed by atoms with Gasteiger partial charge < -0.3 is 29.1 Å². The largest absolute Gasteiger partial charge is 0.395 e. The maximum atomic E-state index is 16.5. The zero-order valence-corrected chi connectivity index (χ0v) is 29.1. The fourth-order valence-electron chi connectivity index (χ4n) is 8.17. The second-order valence-electron chi connectivity index (χ2n) is 13.9. The van der Waals surface area contributed by atoms with Gasteiger partial charge in [-0.25, -0.2) is 0 Å². The number of fused-ring (bicyclic) bond motifs is 2. The molecule has 10 nitrogen and oxygen atoms in total. The first-order valence-electron chi connectivity index (χ1n) is 17.1. The Morgan fingerprint density at radius 1 is 1.08 bits per heavy atom. The van der Waals surface area contributed by atoms with Gasteiger partial charge in [0.1, 0.15) is 0 Å². The average molecular weight is 683 g/mol. The Morgan fingerprint density at radius 3 is 2.51 bits per heavy atom. The molecule has 3 aliphatic rings. The minimum Gasteiger partial charge on any atom is -0.395 e. The Bertz CT molecular complexity index is 1820. The van der Waals surface area contributed by atoms with Gasteiger partial charge in [-0.1, -0.05) is 72.8 Å². The number of carbonyl (C=O) groups is 2. The third-order valence-electron chi connectivity index (χ3n) is 10.5. The Labute approximate surface area is 287 Å². The quantitative estimate of drug-likeness (QED) is 0.184. The lowest BCUT2D eigenvalue weighted by Gasteiger charge is -2.32. The summed E-state index contributed by atoms with van der Waals surface area (Å²) in [6.45, 7) is 7.40. The third-order valence-corrected chi connectivity index (χ3v) is 12.9. The van der Waals surface area contributed by atoms with Gasteiger partial charge in [0.25, 0.3) is 5.91 Å². The number of nitrogens with zero attached hydrogens (tertiary/aromatic N) is 5. The first-order chi connectivity index (χ1) is 23.6. The number of aliphatic hydroxyl groups excluding tert-OH is 1. The van der Waals surface area contributed by atoms with Crippen molar-refractivity contribution in [1.29, 1.82) is 0 Å². The summed E-state index contributed by atoms with van der Waals surface area (Å²) in [5, 5.41) is 22.0. The van der Waals surface area contributed by atoms with Crippen LogP contribution in [0, 0.1) is 5.92 Å². The number of aromatic nitrogens is 3. The van der Waals surface area contributed by atoms with Crippen molar-refractivity contribution < 1.29 is 23.5 Å². The molecule has 2 saturated heterocycles. The molecule has 2 fully saturated rings. The monoisotopic (exact) mass is 682 g/mol. The summed E-state index contributed by atoms with van der Waals surface area (Å²) in [5.74, 6) is -1.02. The normalized spacial score (nSPS) is 24.6. The van der Waals surface area contributed by atoms with Crippen molar-refractivity contribution in [3.63, 3.8) is 0 Å². The van der Waals surface area contributed by atoms with Crippen molar-refractivity contribution >= 4 is 31.6 Å². The molecule has 49 heavy (non-hydrogen) atoms. The van der Waals surface area contributed by atoms with E-state index in [1.54, 1.807) is 27.6 Å². The Kier molecular flexibility index (Phi) is 8.99. The summed E-state index contributed by atoms with van der Waals surface area (Å²) in [5.41, 5.74) is 2.78. The van der Waals surface area contributed by atoms with Crippen molar-refractivity contribution in [2.75, 3.05) is 36.0 Å². The molecule has 4 heterocycles. The lowest BCUT2D eigenvalue weighted by molar-refractivity contribution is -0.146. The predicted octanol–water partition coefficient (Wildman–Crippen LogP) is 4.75. The number of hydrogen-bond donors (Lipinski definition) is 2. The Morgan fingerprint density at radius 2 is 1.82 bits per heavy atom. The van der Waals surface area contributed by atoms with E-state index in [9.17, 15) is 14.7 Å². The van der Waals surface area contributed by atoms with E-state index >= 15 is 4.11 Å². The number of piperazine rings is 1. The molecule has 3 aliphatic heterocycles. The number of nitrogens with one attached hydrogen (secondary N) is 1. The van der Waals surface area contributed by atoms with Crippen LogP contribution in [0.2, 0.25) is 18.6 Å². The maximum absolute atomic E-state index is 16.5. The smallest absolute Gasteiger partial charge is 0.264 e. The highest BCUT2D eigenvalue weighted by atomic mass is 28.4. The molecule has 4 aromatic rings. The van der Waals surface area contributed by atoms with E-state index in [1.165, 1.54) is 0 Å². The van der Waals surface area contributed by atoms with E-state index in [2.05, 4.69) is 15.6 Å². The van der Waals surface area contributed by atoms with E-state index < -0.39 is 31.6 Å². The molecular weight excluding hydrogens is 640 g/mol. The summed E-state index contributed by atoms with van der Waals surface area (Å²) < 4.78 is 25.2. The van der Waals surface area contributed by atoms with Gasteiger partial charge in [0.15, 0.2) is 5.60 Å². The number of rotatable bonds is 10. The van der Waals surface area contributed by atoms with Crippen LogP contribution in [0.3, 0.4) is 0 Å². The van der Waals surface area contributed by atoms with Crippen molar-refractivity contribution in [2.45, 2.75) is 62.7 Å². The van der Waals surface area contributed by atoms with E-state index in [-0.39, 0.29) is 30.9 Å². The molecule has 1 spiro atoms. The molecule has 2 amide bonds. The van der Waals surface area contributed by atoms with Gasteiger partial charge >= 0.3 is 0 Å². The van der Waals surface area contributed by atoms with Gasteiger partial charge in [-0.15, -0.1) is 5.10 Å². The first-order valence-corrected chi connectivity index (χ1v) is 20.0. The second-order valence-corrected chi connectivity index (χ2v) is 17.7. The minimum absolute atomic E-state index is 0.0398. The van der Waals surface area contributed by atoms with Crippen LogP contribution in [-0.2, 0) is 33.0 Å². The van der Waals surface area contributed by atoms with Crippen LogP contribution in [0.4, 0.5) is 15.5 Å². The number of aryl methyl sites for hydroxylation is 1. The summed E-state index contributed by atoms with van der Waals surface area (Å²) in [6, 6.07) is 25.2. The molecule has 0 saturated carbocycles. The molecule has 3 aromatic carbocycles. The highest BCUT2D eigenvalue weighted by Crippen LogP contribution is 2.60. The number of anilines is 2. The van der Waals surface area contributed by atoms with E-state index in [0.717, 1.165) is 16.8 Å². The molecule has 7 rings (SSSR count). The number of halogens is 1. The first kappa shape index (κ1) is 33.3. The zero-order valence-electron chi connectivity index (χ0n) is 28.1. The molecule has 0 radical (unpaired) electrons. The standard InChI is InChI=1S/C37H43FN6O4Si/c1-25-35(49(2,3)38)33(16-18-42-23-31(40-41-42)29(24-45)27-12-8-5-9-13-27)48-37(25)30-20-28(43-19-17-39-21-34(43)46)14-15-32(30)44(36(37)47)22-26-10-6-4-7-11-26/h4-15,20,23,25,29,33,35,39,45H,16-19,21-22,24H2,1-3H3/t25-,29?,33+,35-,37+/m1/s1. The lowest BCUT2D eigenvalue weighted by atomic mass is 9.82. The SMILES string of the molecule is C[C@@H]1[C@@H]([Si](C)(C)F)[C@H](CCn2cc(C(CO)c3ccccc3)nn2)O[C@@]12C(=O)N(Cc1ccccc1)c1ccc(N3CCNCC3=O)cc12. The summed E-state index contributed by atoms with van der Waals surface area (Å²) in [4.78, 5) is 31.3. The highest BCUT2D eigenvalue weighted by molar-refractivity contribution is 6.72. The average Bonchev–Trinajstić information content (AvgIpc) is 3.75. The van der Waals surface area contributed by atoms with E-state index in [0.29, 0.717) is 49.5 Å². The van der Waals surface area contributed by atoms with Gasteiger partial charge in [-0.3, -0.25) is 14.3 Å². The number of ether oxygens (including phenoxy) is 1. The van der Waals surface area contributed by atoms with Crippen molar-refractivity contribution in [1.82, 2.24) is 20.3 Å². The number of amides is 2. The predicted molar refractivity (Wildman–Crippen MR) is 187 cm³/mol. The molecule has 0 bridgehead atoms. The lowest BCUT2D eigenvalue weighted by Crippen LogP contribution is -2.48. The Hall–Kier alpha value is -4.23. The molecule has 0 aliphatic carbocycles. The molecule has 1 unspecified atom stereocenters. The van der Waals surface area contributed by atoms with Crippen molar-refractivity contribution in [3.05, 3.63) is 107 Å². The van der Waals surface area contributed by atoms with Crippen molar-refractivity contribution in [2.24, 2.45) is 5.92 Å². The molecule has 12 heteroatoms. The number of hydrogen-bond acceptors (Lipinski definition) is 7. The summed E-state index contributed by atoms with van der Waals surface area (Å²) in [6.07, 6.45) is 1.69. The molecular formula is C37H43FN6O4Si. The van der Waals surface area contributed by atoms with Crippen LogP contribution in [0.25, 0.3) is 0 Å². The number of aliphatic hydroxyl groups is 1. The second kappa shape index (κ2) is 13.2. The van der Waals surface area contributed by atoms with Crippen LogP contribution < -0.4 is 15.1 Å². The topological polar surface area (TPSA) is 113 Å². The fourth-order valence-corrected chi connectivity index (χ4v) is 10.7. The Balaban J connectivity index is 1.23. The van der Waals surface area contributed by atoms with Crippen molar-refractivity contribution in [3.8, 4) is 0 Å². The molecule has 5 atom stereocenters. The molecule has 2 N–H and O–H groups in total. The van der Waals surface area contributed by atoms with Crippen LogP contribution in [0.15, 0.2) is 85.1 Å². The van der Waals surface area contributed by atoms with E-state index in [1.807, 2.05) is 92.0 Å². The summed E-state index contributed by atoms with van der Waals surface area (Å²) >= 11 is 0. The van der Waals surface area contributed by atoms with Crippen LogP contribution in [-0.4, -0.2) is 72.7 Å². The van der Waals surface area contributed by atoms with Gasteiger partial charge in [-0.05, 0) is 48.8 Å². The minimum atomic E-state index is -3.40. The maximum Gasteiger partial charge on any atom is 0.264 e. The van der Waals surface area contributed by atoms with Crippen LogP contribution in [0.1, 0.15) is 41.6 Å². The highest BCUT2D eigenvalue weighted by Gasteiger charge is 2.66. The van der Waals surface area contributed by atoms with Gasteiger partial charge in [0.05, 0.1) is 43.1 Å². The van der Waals surface area contributed by atoms with E-state index in [4.69, 9.17) is 4.74 Å². The van der Waals surface area contributed by atoms with Crippen LogP contribution >= 0.6 is 0 Å². The fraction of sp³-hybridized carbons (Fsp3) is 0.405. The molecule has 256 valence electrons. The number of carbonyl (C=O) groups excluding carboxylic acids is 2. The van der Waals surface area contributed by atoms with Crippen LogP contribution in [0.5, 0.6) is 0 Å².